The second kappa shape index (κ2) is 7.27. The number of halogens is 1. The van der Waals surface area contributed by atoms with Crippen LogP contribution < -0.4 is 4.74 Å². The first-order chi connectivity index (χ1) is 13.2. The second-order valence-corrected chi connectivity index (χ2v) is 6.60. The first kappa shape index (κ1) is 17.3. The molecule has 4 nitrogen and oxygen atoms in total. The van der Waals surface area contributed by atoms with E-state index in [2.05, 4.69) is 0 Å². The fraction of sp³-hybridized carbons (Fsp3) is 0.227. The van der Waals surface area contributed by atoms with Crippen molar-refractivity contribution in [1.29, 1.82) is 0 Å². The normalized spacial score (nSPS) is 16.5. The molecule has 4 rings (SSSR count). The Labute approximate surface area is 157 Å². The van der Waals surface area contributed by atoms with Crippen LogP contribution in [0.15, 0.2) is 65.1 Å². The average molecular weight is 365 g/mol. The number of hydrogen-bond acceptors (Lipinski definition) is 3. The Balaban J connectivity index is 1.55. The maximum atomic E-state index is 13.1. The van der Waals surface area contributed by atoms with Gasteiger partial charge >= 0.3 is 0 Å². The summed E-state index contributed by atoms with van der Waals surface area (Å²) in [5, 5.41) is 0. The summed E-state index contributed by atoms with van der Waals surface area (Å²) in [6, 6.07) is 17.3. The second-order valence-electron chi connectivity index (χ2n) is 6.60. The van der Waals surface area contributed by atoms with Gasteiger partial charge in [0, 0.05) is 12.1 Å². The zero-order chi connectivity index (χ0) is 18.8. The third-order valence-corrected chi connectivity index (χ3v) is 4.96. The number of hydrogen-bond donors (Lipinski definition) is 0. The lowest BCUT2D eigenvalue weighted by Gasteiger charge is -2.24. The minimum atomic E-state index is -0.305. The Kier molecular flexibility index (Phi) is 4.67. The van der Waals surface area contributed by atoms with E-state index in [1.165, 1.54) is 12.1 Å². The van der Waals surface area contributed by atoms with Gasteiger partial charge in [-0.05, 0) is 66.9 Å². The molecule has 1 atom stereocenters. The Bertz CT molecular complexity index is 931. The fourth-order valence-electron chi connectivity index (χ4n) is 3.55. The summed E-state index contributed by atoms with van der Waals surface area (Å²) in [5.74, 6) is 1.22. The van der Waals surface area contributed by atoms with E-state index >= 15 is 0 Å². The molecular weight excluding hydrogens is 345 g/mol. The zero-order valence-electron chi connectivity index (χ0n) is 15.0. The molecule has 2 aromatic carbocycles. The van der Waals surface area contributed by atoms with Gasteiger partial charge in [0.15, 0.2) is 5.76 Å². The van der Waals surface area contributed by atoms with E-state index in [4.69, 9.17) is 9.15 Å². The van der Waals surface area contributed by atoms with Gasteiger partial charge in [-0.2, -0.15) is 0 Å². The minimum Gasteiger partial charge on any atom is -0.497 e. The van der Waals surface area contributed by atoms with Crippen LogP contribution in [0.1, 0.15) is 35.0 Å². The number of benzene rings is 2. The maximum Gasteiger partial charge on any atom is 0.290 e. The number of amides is 1. The van der Waals surface area contributed by atoms with Gasteiger partial charge in [-0.3, -0.25) is 4.79 Å². The third kappa shape index (κ3) is 3.45. The quantitative estimate of drug-likeness (QED) is 0.648. The molecule has 5 heteroatoms. The van der Waals surface area contributed by atoms with Crippen molar-refractivity contribution in [2.24, 2.45) is 0 Å². The standard InChI is InChI=1S/C22H20FNO3/c1-26-18-10-6-15(7-11-18)19-3-2-14-24(19)22(25)21-13-12-20(27-21)16-4-8-17(23)9-5-16/h4-13,19H,2-3,14H2,1H3. The van der Waals surface area contributed by atoms with E-state index in [0.717, 1.165) is 29.7 Å². The Morgan fingerprint density at radius 3 is 2.52 bits per heavy atom. The lowest BCUT2D eigenvalue weighted by atomic mass is 10.0. The van der Waals surface area contributed by atoms with E-state index in [1.54, 1.807) is 31.4 Å². The number of furan rings is 1. The first-order valence-corrected chi connectivity index (χ1v) is 8.96. The number of likely N-dealkylation sites (tertiary alicyclic amines) is 1. The molecule has 0 aliphatic carbocycles. The van der Waals surface area contributed by atoms with Crippen molar-refractivity contribution in [3.8, 4) is 17.1 Å². The molecule has 138 valence electrons. The summed E-state index contributed by atoms with van der Waals surface area (Å²) in [6.45, 7) is 0.697. The van der Waals surface area contributed by atoms with Gasteiger partial charge in [-0.15, -0.1) is 0 Å². The largest absolute Gasteiger partial charge is 0.497 e. The molecule has 1 saturated heterocycles. The Morgan fingerprint density at radius 1 is 1.07 bits per heavy atom. The predicted molar refractivity (Wildman–Crippen MR) is 100 cm³/mol. The van der Waals surface area contributed by atoms with E-state index in [0.29, 0.717) is 18.1 Å². The number of carbonyl (C=O) groups is 1. The average Bonchev–Trinajstić information content (AvgIpc) is 3.38. The van der Waals surface area contributed by atoms with Crippen LogP contribution in [-0.4, -0.2) is 24.5 Å². The lowest BCUT2D eigenvalue weighted by molar-refractivity contribution is 0.0704. The van der Waals surface area contributed by atoms with Gasteiger partial charge in [0.1, 0.15) is 17.3 Å². The minimum absolute atomic E-state index is 0.0303. The number of methoxy groups -OCH3 is 1. The predicted octanol–water partition coefficient (Wildman–Crippen LogP) is 5.07. The highest BCUT2D eigenvalue weighted by Crippen LogP contribution is 2.34. The lowest BCUT2D eigenvalue weighted by Crippen LogP contribution is -2.30. The third-order valence-electron chi connectivity index (χ3n) is 4.96. The summed E-state index contributed by atoms with van der Waals surface area (Å²) < 4.78 is 24.1. The van der Waals surface area contributed by atoms with Crippen molar-refractivity contribution in [2.45, 2.75) is 18.9 Å². The SMILES string of the molecule is COc1ccc(C2CCCN2C(=O)c2ccc(-c3ccc(F)cc3)o2)cc1. The highest BCUT2D eigenvalue weighted by Gasteiger charge is 2.32. The van der Waals surface area contributed by atoms with Crippen LogP contribution >= 0.6 is 0 Å². The van der Waals surface area contributed by atoms with Crippen molar-refractivity contribution in [3.05, 3.63) is 77.8 Å². The molecule has 0 bridgehead atoms. The van der Waals surface area contributed by atoms with Crippen molar-refractivity contribution in [3.63, 3.8) is 0 Å². The fourth-order valence-corrected chi connectivity index (χ4v) is 3.55. The summed E-state index contributed by atoms with van der Waals surface area (Å²) in [7, 11) is 1.63. The summed E-state index contributed by atoms with van der Waals surface area (Å²) in [5.41, 5.74) is 1.83. The van der Waals surface area contributed by atoms with Gasteiger partial charge in [-0.25, -0.2) is 4.39 Å². The van der Waals surface area contributed by atoms with Gasteiger partial charge in [0.2, 0.25) is 0 Å². The van der Waals surface area contributed by atoms with Crippen LogP contribution in [-0.2, 0) is 0 Å². The maximum absolute atomic E-state index is 13.1. The smallest absolute Gasteiger partial charge is 0.290 e. The zero-order valence-corrected chi connectivity index (χ0v) is 15.0. The molecule has 0 N–H and O–H groups in total. The molecule has 1 aliphatic heterocycles. The van der Waals surface area contributed by atoms with Gasteiger partial charge in [0.05, 0.1) is 13.2 Å². The monoisotopic (exact) mass is 365 g/mol. The molecule has 1 aromatic heterocycles. The number of nitrogens with zero attached hydrogens (tertiary/aromatic N) is 1. The summed E-state index contributed by atoms with van der Waals surface area (Å²) in [6.07, 6.45) is 1.87. The Hall–Kier alpha value is -3.08. The highest BCUT2D eigenvalue weighted by atomic mass is 19.1. The van der Waals surface area contributed by atoms with Crippen LogP contribution in [0.5, 0.6) is 5.75 Å². The van der Waals surface area contributed by atoms with Crippen molar-refractivity contribution >= 4 is 5.91 Å². The molecule has 1 fully saturated rings. The van der Waals surface area contributed by atoms with Gasteiger partial charge < -0.3 is 14.1 Å². The molecule has 1 unspecified atom stereocenters. The van der Waals surface area contributed by atoms with Crippen LogP contribution in [0.3, 0.4) is 0 Å². The van der Waals surface area contributed by atoms with Crippen molar-refractivity contribution in [1.82, 2.24) is 4.90 Å². The van der Waals surface area contributed by atoms with Crippen molar-refractivity contribution in [2.75, 3.05) is 13.7 Å². The molecule has 1 aliphatic rings. The molecule has 1 amide bonds. The molecule has 27 heavy (non-hydrogen) atoms. The van der Waals surface area contributed by atoms with E-state index in [9.17, 15) is 9.18 Å². The van der Waals surface area contributed by atoms with Gasteiger partial charge in [0.25, 0.3) is 5.91 Å². The van der Waals surface area contributed by atoms with Gasteiger partial charge in [-0.1, -0.05) is 12.1 Å². The van der Waals surface area contributed by atoms with Crippen molar-refractivity contribution < 1.29 is 18.3 Å². The topological polar surface area (TPSA) is 42.7 Å². The molecule has 3 aromatic rings. The number of rotatable bonds is 4. The summed E-state index contributed by atoms with van der Waals surface area (Å²) >= 11 is 0. The van der Waals surface area contributed by atoms with E-state index in [1.807, 2.05) is 29.2 Å². The van der Waals surface area contributed by atoms with Crippen LogP contribution in [0.4, 0.5) is 4.39 Å². The highest BCUT2D eigenvalue weighted by molar-refractivity contribution is 5.92. The molecule has 2 heterocycles. The molecule has 0 radical (unpaired) electrons. The molecule has 0 spiro atoms. The molecular formula is C22H20FNO3. The number of carbonyl (C=O) groups excluding carboxylic acids is 1. The van der Waals surface area contributed by atoms with E-state index in [-0.39, 0.29) is 17.8 Å². The van der Waals surface area contributed by atoms with E-state index < -0.39 is 0 Å². The molecule has 0 saturated carbocycles. The van der Waals surface area contributed by atoms with Crippen LogP contribution in [0, 0.1) is 5.82 Å². The van der Waals surface area contributed by atoms with Crippen LogP contribution in [0.2, 0.25) is 0 Å². The first-order valence-electron chi connectivity index (χ1n) is 8.96. The number of ether oxygens (including phenoxy) is 1. The van der Waals surface area contributed by atoms with Crippen LogP contribution in [0.25, 0.3) is 11.3 Å². The Morgan fingerprint density at radius 2 is 1.81 bits per heavy atom. The summed E-state index contributed by atoms with van der Waals surface area (Å²) in [4.78, 5) is 14.9.